The largest absolute Gasteiger partial charge is 0.481 e. The standard InChI is InChI=1S/C21H32N2O5S/c1-6-9-22(12(4)5)19(26)17-21-8-7-14(29-21)15(20(27)28)16(21)18(25)23(17)13(10-24)11(2)3/h6,11-17,24H,1,7-10H2,2-5H3,(H,27,28)/t13-,14+,15-,16-,17?,21?/m0/s1. The van der Waals surface area contributed by atoms with Crippen molar-refractivity contribution in [1.82, 2.24) is 9.80 Å². The fraction of sp³-hybridized carbons (Fsp3) is 0.762. The van der Waals surface area contributed by atoms with Crippen molar-refractivity contribution in [3.63, 3.8) is 0 Å². The molecule has 2 amide bonds. The lowest BCUT2D eigenvalue weighted by Gasteiger charge is -2.41. The van der Waals surface area contributed by atoms with Gasteiger partial charge in [0.2, 0.25) is 11.8 Å². The number of carboxylic acids is 1. The van der Waals surface area contributed by atoms with Crippen molar-refractivity contribution >= 4 is 29.5 Å². The molecule has 3 fully saturated rings. The van der Waals surface area contributed by atoms with Gasteiger partial charge in [-0.3, -0.25) is 14.4 Å². The molecule has 2 unspecified atom stereocenters. The Morgan fingerprint density at radius 1 is 1.38 bits per heavy atom. The predicted octanol–water partition coefficient (Wildman–Crippen LogP) is 1.60. The number of nitrogens with zero attached hydrogens (tertiary/aromatic N) is 2. The van der Waals surface area contributed by atoms with Crippen LogP contribution in [0.4, 0.5) is 0 Å². The Morgan fingerprint density at radius 2 is 2.03 bits per heavy atom. The van der Waals surface area contributed by atoms with E-state index in [1.807, 2.05) is 27.7 Å². The summed E-state index contributed by atoms with van der Waals surface area (Å²) in [6.07, 6.45) is 3.00. The van der Waals surface area contributed by atoms with Crippen LogP contribution < -0.4 is 0 Å². The van der Waals surface area contributed by atoms with Crippen molar-refractivity contribution in [2.24, 2.45) is 17.8 Å². The zero-order chi connectivity index (χ0) is 21.7. The molecule has 3 aliphatic heterocycles. The summed E-state index contributed by atoms with van der Waals surface area (Å²) in [7, 11) is 0. The minimum Gasteiger partial charge on any atom is -0.481 e. The van der Waals surface area contributed by atoms with Gasteiger partial charge in [-0.05, 0) is 32.6 Å². The van der Waals surface area contributed by atoms with Gasteiger partial charge in [-0.15, -0.1) is 18.3 Å². The fourth-order valence-corrected chi connectivity index (χ4v) is 7.67. The van der Waals surface area contributed by atoms with Gasteiger partial charge in [-0.1, -0.05) is 19.9 Å². The number of aliphatic hydroxyl groups excluding tert-OH is 1. The van der Waals surface area contributed by atoms with Gasteiger partial charge in [-0.2, -0.15) is 0 Å². The first-order valence-electron chi connectivity index (χ1n) is 10.4. The average molecular weight is 425 g/mol. The minimum absolute atomic E-state index is 0.0631. The molecule has 3 saturated heterocycles. The van der Waals surface area contributed by atoms with Gasteiger partial charge in [-0.25, -0.2) is 0 Å². The quantitative estimate of drug-likeness (QED) is 0.575. The SMILES string of the molecule is C=CCN(C(=O)C1N([C@@H](CO)C(C)C)C(=O)[C@@H]2[C@@H](C(=O)O)[C@H]3CCC12S3)C(C)C. The normalized spacial score (nSPS) is 34.0. The Bertz CT molecular complexity index is 711. The second-order valence-electron chi connectivity index (χ2n) is 9.01. The Kier molecular flexibility index (Phi) is 6.07. The Morgan fingerprint density at radius 3 is 2.52 bits per heavy atom. The molecule has 3 heterocycles. The van der Waals surface area contributed by atoms with E-state index in [1.54, 1.807) is 15.9 Å². The topological polar surface area (TPSA) is 98.2 Å². The average Bonchev–Trinajstić information content (AvgIpc) is 3.27. The maximum atomic E-state index is 13.8. The zero-order valence-electron chi connectivity index (χ0n) is 17.6. The van der Waals surface area contributed by atoms with E-state index in [1.165, 1.54) is 11.8 Å². The van der Waals surface area contributed by atoms with Crippen LogP contribution in [0, 0.1) is 17.8 Å². The van der Waals surface area contributed by atoms with Crippen molar-refractivity contribution in [3.8, 4) is 0 Å². The molecule has 0 aliphatic carbocycles. The van der Waals surface area contributed by atoms with Crippen LogP contribution in [0.25, 0.3) is 0 Å². The second-order valence-corrected chi connectivity index (χ2v) is 10.6. The molecule has 29 heavy (non-hydrogen) atoms. The molecular weight excluding hydrogens is 392 g/mol. The number of hydrogen-bond acceptors (Lipinski definition) is 5. The highest BCUT2D eigenvalue weighted by Gasteiger charge is 2.74. The summed E-state index contributed by atoms with van der Waals surface area (Å²) in [6, 6.07) is -1.37. The first-order chi connectivity index (χ1) is 13.6. The maximum Gasteiger partial charge on any atom is 0.308 e. The molecule has 0 aromatic rings. The fourth-order valence-electron chi connectivity index (χ4n) is 5.48. The van der Waals surface area contributed by atoms with E-state index in [9.17, 15) is 24.6 Å². The Labute approximate surface area is 176 Å². The van der Waals surface area contributed by atoms with Crippen LogP contribution in [-0.4, -0.2) is 79.1 Å². The number of aliphatic carboxylic acids is 1. The lowest BCUT2D eigenvalue weighted by Crippen LogP contribution is -2.59. The number of likely N-dealkylation sites (tertiary alicyclic amines) is 1. The van der Waals surface area contributed by atoms with Gasteiger partial charge in [0.25, 0.3) is 0 Å². The van der Waals surface area contributed by atoms with Gasteiger partial charge >= 0.3 is 5.97 Å². The summed E-state index contributed by atoms with van der Waals surface area (Å²) in [4.78, 5) is 42.7. The molecule has 1 spiro atoms. The van der Waals surface area contributed by atoms with Crippen LogP contribution in [0.15, 0.2) is 12.7 Å². The van der Waals surface area contributed by atoms with E-state index < -0.39 is 34.6 Å². The van der Waals surface area contributed by atoms with E-state index in [-0.39, 0.29) is 35.6 Å². The molecule has 6 atom stereocenters. The predicted molar refractivity (Wildman–Crippen MR) is 111 cm³/mol. The molecule has 7 nitrogen and oxygen atoms in total. The Balaban J connectivity index is 2.13. The summed E-state index contributed by atoms with van der Waals surface area (Å²) in [5, 5.41) is 19.8. The molecule has 162 valence electrons. The van der Waals surface area contributed by atoms with E-state index in [2.05, 4.69) is 6.58 Å². The van der Waals surface area contributed by atoms with Gasteiger partial charge in [0.1, 0.15) is 6.04 Å². The number of carbonyl (C=O) groups excluding carboxylic acids is 2. The van der Waals surface area contributed by atoms with Crippen LogP contribution in [0.3, 0.4) is 0 Å². The molecule has 0 radical (unpaired) electrons. The van der Waals surface area contributed by atoms with Crippen LogP contribution in [0.2, 0.25) is 0 Å². The molecule has 0 aromatic carbocycles. The molecule has 2 N–H and O–H groups in total. The molecule has 8 heteroatoms. The molecule has 0 aromatic heterocycles. The summed E-state index contributed by atoms with van der Waals surface area (Å²) in [5.74, 6) is -2.99. The first kappa shape index (κ1) is 22.2. The summed E-state index contributed by atoms with van der Waals surface area (Å²) < 4.78 is -0.738. The van der Waals surface area contributed by atoms with Crippen molar-refractivity contribution in [2.75, 3.05) is 13.2 Å². The van der Waals surface area contributed by atoms with Gasteiger partial charge in [0.15, 0.2) is 0 Å². The zero-order valence-corrected chi connectivity index (χ0v) is 18.4. The second kappa shape index (κ2) is 7.95. The molecule has 2 bridgehead atoms. The van der Waals surface area contributed by atoms with Crippen molar-refractivity contribution in [2.45, 2.75) is 68.7 Å². The number of carboxylic acid groups (broad SMARTS) is 1. The smallest absolute Gasteiger partial charge is 0.308 e. The van der Waals surface area contributed by atoms with Crippen LogP contribution in [-0.2, 0) is 14.4 Å². The van der Waals surface area contributed by atoms with E-state index in [4.69, 9.17) is 0 Å². The highest BCUT2D eigenvalue weighted by Crippen LogP contribution is 2.66. The van der Waals surface area contributed by atoms with E-state index in [0.29, 0.717) is 19.4 Å². The number of carbonyl (C=O) groups is 3. The number of amides is 2. The first-order valence-corrected chi connectivity index (χ1v) is 11.2. The third kappa shape index (κ3) is 3.19. The Hall–Kier alpha value is -1.54. The van der Waals surface area contributed by atoms with Gasteiger partial charge in [0, 0.05) is 17.8 Å². The summed E-state index contributed by atoms with van der Waals surface area (Å²) in [5.41, 5.74) is 0. The van der Waals surface area contributed by atoms with Gasteiger partial charge < -0.3 is 20.0 Å². The molecule has 3 aliphatic rings. The van der Waals surface area contributed by atoms with Crippen molar-refractivity contribution in [1.29, 1.82) is 0 Å². The minimum atomic E-state index is -0.965. The van der Waals surface area contributed by atoms with Crippen LogP contribution in [0.1, 0.15) is 40.5 Å². The summed E-state index contributed by atoms with van der Waals surface area (Å²) in [6.45, 7) is 11.5. The van der Waals surface area contributed by atoms with Gasteiger partial charge in [0.05, 0.1) is 29.2 Å². The monoisotopic (exact) mass is 424 g/mol. The highest BCUT2D eigenvalue weighted by atomic mass is 32.2. The van der Waals surface area contributed by atoms with E-state index in [0.717, 1.165) is 0 Å². The number of hydrogen-bond donors (Lipinski definition) is 2. The number of rotatable bonds is 8. The summed E-state index contributed by atoms with van der Waals surface area (Å²) >= 11 is 1.52. The lowest BCUT2D eigenvalue weighted by atomic mass is 9.71. The molecule has 0 saturated carbocycles. The third-order valence-electron chi connectivity index (χ3n) is 6.80. The number of thioether (sulfide) groups is 1. The molecule has 3 rings (SSSR count). The highest BCUT2D eigenvalue weighted by molar-refractivity contribution is 8.02. The lowest BCUT2D eigenvalue weighted by molar-refractivity contribution is -0.150. The number of aliphatic hydroxyl groups is 1. The van der Waals surface area contributed by atoms with Crippen LogP contribution >= 0.6 is 11.8 Å². The van der Waals surface area contributed by atoms with E-state index >= 15 is 0 Å². The van der Waals surface area contributed by atoms with Crippen molar-refractivity contribution < 1.29 is 24.6 Å². The van der Waals surface area contributed by atoms with Crippen molar-refractivity contribution in [3.05, 3.63) is 12.7 Å². The van der Waals surface area contributed by atoms with Crippen LogP contribution in [0.5, 0.6) is 0 Å². The number of fused-ring (bicyclic) bond motifs is 1. The molecular formula is C21H32N2O5S. The third-order valence-corrected chi connectivity index (χ3v) is 8.76. The maximum absolute atomic E-state index is 13.8.